The van der Waals surface area contributed by atoms with Crippen molar-refractivity contribution in [3.8, 4) is 5.75 Å². The van der Waals surface area contributed by atoms with E-state index in [0.29, 0.717) is 31.1 Å². The molecule has 2 unspecified atom stereocenters. The monoisotopic (exact) mass is 405 g/mol. The Balaban J connectivity index is 1.59. The molecule has 7 heteroatoms. The van der Waals surface area contributed by atoms with E-state index in [1.807, 2.05) is 23.8 Å². The summed E-state index contributed by atoms with van der Waals surface area (Å²) >= 11 is 1.58. The van der Waals surface area contributed by atoms with Crippen molar-refractivity contribution in [3.05, 3.63) is 51.5 Å². The topological polar surface area (TPSA) is 48.0 Å². The highest BCUT2D eigenvalue weighted by atomic mass is 32.1. The summed E-state index contributed by atoms with van der Waals surface area (Å²) in [4.78, 5) is 14.5. The van der Waals surface area contributed by atoms with Crippen LogP contribution in [-0.4, -0.2) is 30.1 Å². The number of piperidine rings is 1. The fourth-order valence-corrected chi connectivity index (χ4v) is 4.53. The normalized spacial score (nSPS) is 22.4. The average Bonchev–Trinajstić information content (AvgIpc) is 3.23. The van der Waals surface area contributed by atoms with Gasteiger partial charge in [0.2, 0.25) is 6.29 Å². The lowest BCUT2D eigenvalue weighted by atomic mass is 10.00. The molecule has 2 aromatic rings. The number of carbonyl (C=O) groups excluding carboxylic acids is 1. The summed E-state index contributed by atoms with van der Waals surface area (Å²) in [7, 11) is 0. The lowest BCUT2D eigenvalue weighted by Crippen LogP contribution is -2.45. The van der Waals surface area contributed by atoms with Crippen LogP contribution in [0.5, 0.6) is 5.75 Å². The maximum absolute atomic E-state index is 14.2. The second-order valence-electron chi connectivity index (χ2n) is 7.10. The van der Waals surface area contributed by atoms with Gasteiger partial charge >= 0.3 is 5.97 Å². The van der Waals surface area contributed by atoms with Crippen molar-refractivity contribution in [2.24, 2.45) is 0 Å². The standard InChI is InChI=1S/C21H24FNO4S/c1-2-25-20(24)18-5-3-4-7-23(18)11-15-9-17(22)10-16-12-26-21(27-19(15)16)14-6-8-28-13-14/h6,8-10,13,18,21H,2-5,7,11-12H2,1H3. The molecule has 1 aromatic heterocycles. The number of hydrogen-bond donors (Lipinski definition) is 0. The first-order valence-electron chi connectivity index (χ1n) is 9.68. The predicted molar refractivity (Wildman–Crippen MR) is 104 cm³/mol. The van der Waals surface area contributed by atoms with Crippen LogP contribution < -0.4 is 4.74 Å². The van der Waals surface area contributed by atoms with E-state index in [4.69, 9.17) is 14.2 Å². The molecule has 0 N–H and O–H groups in total. The van der Waals surface area contributed by atoms with Gasteiger partial charge in [-0.05, 0) is 49.9 Å². The third-order valence-corrected chi connectivity index (χ3v) is 5.89. The fraction of sp³-hybridized carbons (Fsp3) is 0.476. The molecule has 3 heterocycles. The van der Waals surface area contributed by atoms with Crippen molar-refractivity contribution in [2.45, 2.75) is 51.7 Å². The van der Waals surface area contributed by atoms with Gasteiger partial charge in [-0.25, -0.2) is 4.39 Å². The van der Waals surface area contributed by atoms with Crippen LogP contribution in [0.1, 0.15) is 49.2 Å². The van der Waals surface area contributed by atoms with Crippen LogP contribution in [-0.2, 0) is 27.4 Å². The molecule has 0 aliphatic carbocycles. The molecule has 1 saturated heterocycles. The number of halogens is 1. The summed E-state index contributed by atoms with van der Waals surface area (Å²) in [6.07, 6.45) is 2.27. The van der Waals surface area contributed by atoms with E-state index in [1.54, 1.807) is 11.3 Å². The van der Waals surface area contributed by atoms with Gasteiger partial charge in [0, 0.05) is 28.6 Å². The Morgan fingerprint density at radius 1 is 1.39 bits per heavy atom. The first kappa shape index (κ1) is 19.4. The number of benzene rings is 1. The minimum Gasteiger partial charge on any atom is -0.465 e. The number of nitrogens with zero attached hydrogens (tertiary/aromatic N) is 1. The fourth-order valence-electron chi connectivity index (χ4n) is 3.87. The molecule has 2 atom stereocenters. The Labute approximate surface area is 168 Å². The Morgan fingerprint density at radius 3 is 3.07 bits per heavy atom. The predicted octanol–water partition coefficient (Wildman–Crippen LogP) is 4.41. The van der Waals surface area contributed by atoms with Crippen LogP contribution in [0, 0.1) is 5.82 Å². The van der Waals surface area contributed by atoms with Crippen LogP contribution >= 0.6 is 11.3 Å². The van der Waals surface area contributed by atoms with E-state index in [1.165, 1.54) is 12.1 Å². The summed E-state index contributed by atoms with van der Waals surface area (Å²) in [5, 5.41) is 3.96. The Morgan fingerprint density at radius 2 is 2.29 bits per heavy atom. The van der Waals surface area contributed by atoms with Crippen molar-refractivity contribution in [1.82, 2.24) is 4.90 Å². The molecular formula is C21H24FNO4S. The van der Waals surface area contributed by atoms with Gasteiger partial charge in [-0.1, -0.05) is 6.42 Å². The van der Waals surface area contributed by atoms with Crippen molar-refractivity contribution in [3.63, 3.8) is 0 Å². The Bertz CT molecular complexity index is 826. The molecule has 28 heavy (non-hydrogen) atoms. The van der Waals surface area contributed by atoms with E-state index in [-0.39, 0.29) is 17.8 Å². The highest BCUT2D eigenvalue weighted by Gasteiger charge is 2.32. The van der Waals surface area contributed by atoms with Crippen LogP contribution in [0.15, 0.2) is 29.0 Å². The van der Waals surface area contributed by atoms with Crippen LogP contribution in [0.2, 0.25) is 0 Å². The second kappa shape index (κ2) is 8.59. The highest BCUT2D eigenvalue weighted by Crippen LogP contribution is 2.38. The van der Waals surface area contributed by atoms with Crippen LogP contribution in [0.25, 0.3) is 0 Å². The lowest BCUT2D eigenvalue weighted by Gasteiger charge is -2.35. The van der Waals surface area contributed by atoms with E-state index in [9.17, 15) is 9.18 Å². The van der Waals surface area contributed by atoms with E-state index < -0.39 is 6.29 Å². The zero-order chi connectivity index (χ0) is 19.5. The third-order valence-electron chi connectivity index (χ3n) is 5.18. The number of rotatable bonds is 5. The van der Waals surface area contributed by atoms with Gasteiger partial charge < -0.3 is 14.2 Å². The summed E-state index contributed by atoms with van der Waals surface area (Å²) in [5.74, 6) is 0.143. The molecule has 1 fully saturated rings. The molecule has 0 spiro atoms. The van der Waals surface area contributed by atoms with E-state index in [0.717, 1.165) is 36.9 Å². The number of likely N-dealkylation sites (tertiary alicyclic amines) is 1. The number of carbonyl (C=O) groups is 1. The largest absolute Gasteiger partial charge is 0.465 e. The Hall–Kier alpha value is -1.96. The zero-order valence-corrected chi connectivity index (χ0v) is 16.7. The molecule has 4 rings (SSSR count). The van der Waals surface area contributed by atoms with Gasteiger partial charge in [0.25, 0.3) is 0 Å². The average molecular weight is 405 g/mol. The van der Waals surface area contributed by atoms with E-state index in [2.05, 4.69) is 4.90 Å². The maximum atomic E-state index is 14.2. The molecule has 2 aliphatic rings. The van der Waals surface area contributed by atoms with Crippen molar-refractivity contribution >= 4 is 17.3 Å². The molecule has 1 aromatic carbocycles. The van der Waals surface area contributed by atoms with Crippen LogP contribution in [0.3, 0.4) is 0 Å². The molecule has 0 saturated carbocycles. The lowest BCUT2D eigenvalue weighted by molar-refractivity contribution is -0.151. The number of fused-ring (bicyclic) bond motifs is 1. The molecule has 5 nitrogen and oxygen atoms in total. The molecule has 2 aliphatic heterocycles. The van der Waals surface area contributed by atoms with Crippen LogP contribution in [0.4, 0.5) is 4.39 Å². The molecule has 0 bridgehead atoms. The number of ether oxygens (including phenoxy) is 3. The smallest absolute Gasteiger partial charge is 0.323 e. The van der Waals surface area contributed by atoms with E-state index >= 15 is 0 Å². The minimum atomic E-state index is -0.495. The van der Waals surface area contributed by atoms with Gasteiger partial charge in [-0.2, -0.15) is 11.3 Å². The third kappa shape index (κ3) is 4.06. The van der Waals surface area contributed by atoms with Crippen molar-refractivity contribution in [1.29, 1.82) is 0 Å². The number of thiophene rings is 1. The zero-order valence-electron chi connectivity index (χ0n) is 15.9. The van der Waals surface area contributed by atoms with Gasteiger partial charge in [0.15, 0.2) is 0 Å². The summed E-state index contributed by atoms with van der Waals surface area (Å²) < 4.78 is 31.4. The summed E-state index contributed by atoms with van der Waals surface area (Å²) in [5.41, 5.74) is 2.40. The molecular weight excluding hydrogens is 381 g/mol. The molecule has 0 amide bonds. The number of hydrogen-bond acceptors (Lipinski definition) is 6. The van der Waals surface area contributed by atoms with Gasteiger partial charge in [0.1, 0.15) is 17.6 Å². The highest BCUT2D eigenvalue weighted by molar-refractivity contribution is 7.07. The molecule has 0 radical (unpaired) electrons. The minimum absolute atomic E-state index is 0.201. The quantitative estimate of drug-likeness (QED) is 0.690. The van der Waals surface area contributed by atoms with Crippen molar-refractivity contribution in [2.75, 3.05) is 13.2 Å². The SMILES string of the molecule is CCOC(=O)C1CCCCN1Cc1cc(F)cc2c1OC(c1ccsc1)OC2. The maximum Gasteiger partial charge on any atom is 0.323 e. The summed E-state index contributed by atoms with van der Waals surface area (Å²) in [6, 6.07) is 4.64. The van der Waals surface area contributed by atoms with Gasteiger partial charge in [-0.3, -0.25) is 9.69 Å². The second-order valence-corrected chi connectivity index (χ2v) is 7.88. The number of esters is 1. The molecule has 150 valence electrons. The van der Waals surface area contributed by atoms with Gasteiger partial charge in [-0.15, -0.1) is 0 Å². The first-order chi connectivity index (χ1) is 13.7. The first-order valence-corrected chi connectivity index (χ1v) is 10.6. The van der Waals surface area contributed by atoms with Crippen molar-refractivity contribution < 1.29 is 23.4 Å². The Kier molecular flexibility index (Phi) is 5.94. The van der Waals surface area contributed by atoms with Gasteiger partial charge in [0.05, 0.1) is 13.2 Å². The summed E-state index contributed by atoms with van der Waals surface area (Å²) in [6.45, 7) is 3.69.